The molecule has 1 heterocycles. The summed E-state index contributed by atoms with van der Waals surface area (Å²) in [5, 5.41) is 18.5. The number of aryl methyl sites for hydroxylation is 1. The third-order valence-corrected chi connectivity index (χ3v) is 5.84. The van der Waals surface area contributed by atoms with E-state index >= 15 is 0 Å². The molecule has 5 nitrogen and oxygen atoms in total. The predicted octanol–water partition coefficient (Wildman–Crippen LogP) is 5.67. The van der Waals surface area contributed by atoms with Crippen LogP contribution < -0.4 is 5.73 Å². The highest BCUT2D eigenvalue weighted by atomic mass is 16.4. The van der Waals surface area contributed by atoms with Crippen molar-refractivity contribution in [2.75, 3.05) is 0 Å². The van der Waals surface area contributed by atoms with Gasteiger partial charge in [-0.15, -0.1) is 0 Å². The molecule has 0 aliphatic heterocycles. The van der Waals surface area contributed by atoms with Crippen LogP contribution in [0, 0.1) is 12.3 Å². The molecule has 156 valence electrons. The summed E-state index contributed by atoms with van der Waals surface area (Å²) in [6, 6.07) is 19.3. The van der Waals surface area contributed by atoms with Crippen LogP contribution in [0.4, 0.5) is 0 Å². The molecule has 0 saturated heterocycles. The van der Waals surface area contributed by atoms with Crippen LogP contribution in [0.1, 0.15) is 51.9 Å². The van der Waals surface area contributed by atoms with Crippen molar-refractivity contribution in [2.24, 2.45) is 5.73 Å². The minimum atomic E-state index is -0.929. The van der Waals surface area contributed by atoms with E-state index in [0.29, 0.717) is 11.1 Å². The van der Waals surface area contributed by atoms with E-state index in [-0.39, 0.29) is 11.8 Å². The summed E-state index contributed by atoms with van der Waals surface area (Å²) in [4.78, 5) is 15.2. The molecule has 0 spiro atoms. The Labute approximate surface area is 181 Å². The lowest BCUT2D eigenvalue weighted by Gasteiger charge is -2.20. The number of aromatic carboxylic acids is 1. The Morgan fingerprint density at radius 1 is 1.06 bits per heavy atom. The zero-order valence-electron chi connectivity index (χ0n) is 17.6. The molecular formula is C26H25N3O2. The molecule has 5 N–H and O–H groups in total. The number of carboxylic acid groups (broad SMARTS) is 1. The summed E-state index contributed by atoms with van der Waals surface area (Å²) in [6.07, 6.45) is 2.86. The number of aromatic nitrogens is 1. The molecule has 31 heavy (non-hydrogen) atoms. The molecule has 0 saturated carbocycles. The number of nitrogens with one attached hydrogen (secondary N) is 2. The van der Waals surface area contributed by atoms with Crippen LogP contribution >= 0.6 is 0 Å². The SMILES string of the molecule is CCC(c1ccccc1-c1cc(C)ccc1C(=O)O)c1c[nH]c2cc(C(=N)N)ccc12. The van der Waals surface area contributed by atoms with E-state index in [1.807, 2.05) is 61.7 Å². The quantitative estimate of drug-likeness (QED) is 0.243. The Balaban J connectivity index is 1.90. The molecule has 0 amide bonds. The first-order valence-electron chi connectivity index (χ1n) is 10.3. The number of rotatable bonds is 6. The molecular weight excluding hydrogens is 386 g/mol. The van der Waals surface area contributed by atoms with Crippen LogP contribution in [0.25, 0.3) is 22.0 Å². The van der Waals surface area contributed by atoms with Crippen LogP contribution in [-0.2, 0) is 0 Å². The summed E-state index contributed by atoms with van der Waals surface area (Å²) in [5.74, 6) is -0.812. The first-order valence-corrected chi connectivity index (χ1v) is 10.3. The number of amidine groups is 1. The van der Waals surface area contributed by atoms with Gasteiger partial charge in [0, 0.05) is 28.6 Å². The van der Waals surface area contributed by atoms with Gasteiger partial charge in [0.2, 0.25) is 0 Å². The average Bonchev–Trinajstić information content (AvgIpc) is 3.17. The van der Waals surface area contributed by atoms with Gasteiger partial charge < -0.3 is 15.8 Å². The van der Waals surface area contributed by atoms with E-state index in [2.05, 4.69) is 18.0 Å². The van der Waals surface area contributed by atoms with Crippen molar-refractivity contribution in [3.8, 4) is 11.1 Å². The van der Waals surface area contributed by atoms with Crippen LogP contribution in [-0.4, -0.2) is 21.9 Å². The first kappa shape index (κ1) is 20.4. The number of carbonyl (C=O) groups is 1. The number of hydrogen-bond acceptors (Lipinski definition) is 2. The minimum absolute atomic E-state index is 0.0380. The van der Waals surface area contributed by atoms with Gasteiger partial charge in [-0.05, 0) is 47.7 Å². The topological polar surface area (TPSA) is 103 Å². The second-order valence-corrected chi connectivity index (χ2v) is 7.82. The van der Waals surface area contributed by atoms with Crippen molar-refractivity contribution in [1.82, 2.24) is 4.98 Å². The van der Waals surface area contributed by atoms with Crippen molar-refractivity contribution in [3.63, 3.8) is 0 Å². The van der Waals surface area contributed by atoms with Crippen LogP contribution in [0.3, 0.4) is 0 Å². The van der Waals surface area contributed by atoms with Gasteiger partial charge in [0.1, 0.15) is 5.84 Å². The molecule has 5 heteroatoms. The van der Waals surface area contributed by atoms with Crippen molar-refractivity contribution < 1.29 is 9.90 Å². The molecule has 0 fully saturated rings. The fourth-order valence-corrected chi connectivity index (χ4v) is 4.33. The highest BCUT2D eigenvalue weighted by molar-refractivity contribution is 5.99. The maximum absolute atomic E-state index is 11.9. The second-order valence-electron chi connectivity index (χ2n) is 7.82. The summed E-state index contributed by atoms with van der Waals surface area (Å²) in [7, 11) is 0. The van der Waals surface area contributed by atoms with Crippen molar-refractivity contribution in [2.45, 2.75) is 26.2 Å². The Hall–Kier alpha value is -3.86. The van der Waals surface area contributed by atoms with Gasteiger partial charge in [0.05, 0.1) is 5.56 Å². The Morgan fingerprint density at radius 2 is 1.84 bits per heavy atom. The number of fused-ring (bicyclic) bond motifs is 1. The standard InChI is InChI=1S/C26H25N3O2/c1-3-17(23-14-29-24-13-16(25(27)28)9-11-20(23)24)18-6-4-5-7-19(18)22-12-15(2)8-10-21(22)26(30)31/h4-14,17,29H,3H2,1-2H3,(H3,27,28)(H,30,31). The molecule has 4 rings (SSSR count). The normalized spacial score (nSPS) is 12.1. The lowest BCUT2D eigenvalue weighted by molar-refractivity contribution is 0.0697. The molecule has 0 aliphatic carbocycles. The largest absolute Gasteiger partial charge is 0.478 e. The third kappa shape index (κ3) is 3.70. The predicted molar refractivity (Wildman–Crippen MR) is 125 cm³/mol. The van der Waals surface area contributed by atoms with Gasteiger partial charge in [-0.3, -0.25) is 5.41 Å². The third-order valence-electron chi connectivity index (χ3n) is 5.84. The maximum Gasteiger partial charge on any atom is 0.336 e. The van der Waals surface area contributed by atoms with Gasteiger partial charge >= 0.3 is 5.97 Å². The summed E-state index contributed by atoms with van der Waals surface area (Å²) in [5.41, 5.74) is 12.5. The fourth-order valence-electron chi connectivity index (χ4n) is 4.33. The number of carboxylic acids is 1. The number of aromatic amines is 1. The Kier molecular flexibility index (Phi) is 5.34. The maximum atomic E-state index is 11.9. The Bertz CT molecular complexity index is 1300. The second kappa shape index (κ2) is 8.11. The fraction of sp³-hybridized carbons (Fsp3) is 0.154. The lowest BCUT2D eigenvalue weighted by atomic mass is 9.83. The van der Waals surface area contributed by atoms with E-state index in [1.54, 1.807) is 6.07 Å². The van der Waals surface area contributed by atoms with Crippen LogP contribution in [0.15, 0.2) is 66.9 Å². The van der Waals surface area contributed by atoms with E-state index in [0.717, 1.165) is 45.1 Å². The number of benzene rings is 3. The van der Waals surface area contributed by atoms with Gasteiger partial charge in [-0.2, -0.15) is 0 Å². The zero-order chi connectivity index (χ0) is 22.1. The monoisotopic (exact) mass is 411 g/mol. The van der Waals surface area contributed by atoms with E-state index in [1.165, 1.54) is 0 Å². The number of nitrogen functional groups attached to an aromatic ring is 1. The summed E-state index contributed by atoms with van der Waals surface area (Å²) < 4.78 is 0. The van der Waals surface area contributed by atoms with E-state index < -0.39 is 5.97 Å². The van der Waals surface area contributed by atoms with Gasteiger partial charge in [0.15, 0.2) is 0 Å². The van der Waals surface area contributed by atoms with Crippen molar-refractivity contribution in [1.29, 1.82) is 5.41 Å². The van der Waals surface area contributed by atoms with Gasteiger partial charge in [-0.1, -0.05) is 61.0 Å². The lowest BCUT2D eigenvalue weighted by Crippen LogP contribution is -2.10. The number of nitrogens with two attached hydrogens (primary N) is 1. The summed E-state index contributed by atoms with van der Waals surface area (Å²) in [6.45, 7) is 4.11. The number of hydrogen-bond donors (Lipinski definition) is 4. The van der Waals surface area contributed by atoms with Gasteiger partial charge in [-0.25, -0.2) is 4.79 Å². The van der Waals surface area contributed by atoms with Crippen LogP contribution in [0.5, 0.6) is 0 Å². The van der Waals surface area contributed by atoms with E-state index in [4.69, 9.17) is 11.1 Å². The molecule has 0 bridgehead atoms. The van der Waals surface area contributed by atoms with Gasteiger partial charge in [0.25, 0.3) is 0 Å². The molecule has 4 aromatic rings. The highest BCUT2D eigenvalue weighted by Crippen LogP contribution is 2.39. The molecule has 1 aromatic heterocycles. The highest BCUT2D eigenvalue weighted by Gasteiger charge is 2.22. The van der Waals surface area contributed by atoms with Crippen LogP contribution in [0.2, 0.25) is 0 Å². The smallest absolute Gasteiger partial charge is 0.336 e. The molecule has 0 aliphatic rings. The first-order chi connectivity index (χ1) is 14.9. The molecule has 1 unspecified atom stereocenters. The minimum Gasteiger partial charge on any atom is -0.478 e. The molecule has 3 aromatic carbocycles. The Morgan fingerprint density at radius 3 is 2.55 bits per heavy atom. The van der Waals surface area contributed by atoms with E-state index in [9.17, 15) is 9.90 Å². The zero-order valence-corrected chi connectivity index (χ0v) is 17.6. The molecule has 1 atom stereocenters. The molecule has 0 radical (unpaired) electrons. The number of H-pyrrole nitrogens is 1. The van der Waals surface area contributed by atoms with Crippen molar-refractivity contribution >= 4 is 22.7 Å². The van der Waals surface area contributed by atoms with Crippen molar-refractivity contribution in [3.05, 3.63) is 94.7 Å². The average molecular weight is 412 g/mol. The summed E-state index contributed by atoms with van der Waals surface area (Å²) >= 11 is 0.